The summed E-state index contributed by atoms with van der Waals surface area (Å²) in [5.74, 6) is 0.762. The highest BCUT2D eigenvalue weighted by atomic mass is 28.4. The highest BCUT2D eigenvalue weighted by Gasteiger charge is 2.36. The van der Waals surface area contributed by atoms with E-state index in [0.29, 0.717) is 13.2 Å². The van der Waals surface area contributed by atoms with E-state index < -0.39 is 8.80 Å². The molecule has 17 heavy (non-hydrogen) atoms. The van der Waals surface area contributed by atoms with Gasteiger partial charge in [-0.05, 0) is 31.5 Å². The van der Waals surface area contributed by atoms with Crippen molar-refractivity contribution >= 4 is 14.9 Å². The average molecular weight is 252 g/mol. The standard InChI is InChI=1S/C13H20O3Si/c1-5-12-9-8-10-13(11-12)16-17(4,14-6-2)15-7-3/h5,8-11H,1,6-7H2,2-4H3. The summed E-state index contributed by atoms with van der Waals surface area (Å²) in [5.41, 5.74) is 1.02. The van der Waals surface area contributed by atoms with Crippen LogP contribution in [0, 0.1) is 0 Å². The van der Waals surface area contributed by atoms with Gasteiger partial charge in [0.25, 0.3) is 0 Å². The Balaban J connectivity index is 2.81. The van der Waals surface area contributed by atoms with Gasteiger partial charge in [0, 0.05) is 19.8 Å². The fourth-order valence-corrected chi connectivity index (χ4v) is 3.35. The van der Waals surface area contributed by atoms with Gasteiger partial charge < -0.3 is 13.3 Å². The zero-order chi connectivity index (χ0) is 12.7. The number of hydrogen-bond acceptors (Lipinski definition) is 3. The highest BCUT2D eigenvalue weighted by molar-refractivity contribution is 6.60. The molecule has 0 fully saturated rings. The van der Waals surface area contributed by atoms with Gasteiger partial charge in [-0.2, -0.15) is 0 Å². The second-order valence-electron chi connectivity index (χ2n) is 3.61. The third-order valence-electron chi connectivity index (χ3n) is 2.21. The first-order chi connectivity index (χ1) is 8.13. The number of hydrogen-bond donors (Lipinski definition) is 0. The molecular formula is C13H20O3Si. The predicted molar refractivity (Wildman–Crippen MR) is 72.0 cm³/mol. The molecule has 0 radical (unpaired) electrons. The van der Waals surface area contributed by atoms with E-state index >= 15 is 0 Å². The fourth-order valence-electron chi connectivity index (χ4n) is 1.54. The fraction of sp³-hybridized carbons (Fsp3) is 0.385. The molecule has 0 aromatic heterocycles. The molecule has 0 saturated heterocycles. The zero-order valence-corrected chi connectivity index (χ0v) is 11.7. The van der Waals surface area contributed by atoms with Crippen LogP contribution in [0.4, 0.5) is 0 Å². The van der Waals surface area contributed by atoms with Crippen molar-refractivity contribution in [3.05, 3.63) is 36.4 Å². The molecule has 0 atom stereocenters. The Hall–Kier alpha value is -1.10. The van der Waals surface area contributed by atoms with E-state index in [9.17, 15) is 0 Å². The van der Waals surface area contributed by atoms with Crippen LogP contribution in [0.1, 0.15) is 19.4 Å². The first-order valence-corrected chi connectivity index (χ1v) is 8.05. The molecule has 0 bridgehead atoms. The summed E-state index contributed by atoms with van der Waals surface area (Å²) in [5, 5.41) is 0. The number of rotatable bonds is 7. The normalized spacial score (nSPS) is 11.2. The van der Waals surface area contributed by atoms with Gasteiger partial charge in [0.15, 0.2) is 0 Å². The van der Waals surface area contributed by atoms with E-state index in [0.717, 1.165) is 11.3 Å². The van der Waals surface area contributed by atoms with Gasteiger partial charge in [0.2, 0.25) is 0 Å². The Morgan fingerprint density at radius 1 is 1.24 bits per heavy atom. The van der Waals surface area contributed by atoms with E-state index in [1.54, 1.807) is 6.08 Å². The highest BCUT2D eigenvalue weighted by Crippen LogP contribution is 2.19. The summed E-state index contributed by atoms with van der Waals surface area (Å²) in [4.78, 5) is 0. The lowest BCUT2D eigenvalue weighted by atomic mass is 10.2. The monoisotopic (exact) mass is 252 g/mol. The second-order valence-corrected chi connectivity index (χ2v) is 6.11. The molecule has 0 N–H and O–H groups in total. The lowest BCUT2D eigenvalue weighted by Gasteiger charge is -2.25. The van der Waals surface area contributed by atoms with E-state index in [1.165, 1.54) is 0 Å². The third-order valence-corrected chi connectivity index (χ3v) is 4.44. The Morgan fingerprint density at radius 2 is 1.88 bits per heavy atom. The van der Waals surface area contributed by atoms with Crippen LogP contribution in [-0.2, 0) is 8.85 Å². The molecule has 1 aromatic carbocycles. The van der Waals surface area contributed by atoms with Crippen LogP contribution in [0.5, 0.6) is 5.75 Å². The first kappa shape index (κ1) is 14.0. The largest absolute Gasteiger partial charge is 0.562 e. The third kappa shape index (κ3) is 4.34. The van der Waals surface area contributed by atoms with Gasteiger partial charge in [-0.1, -0.05) is 24.8 Å². The molecule has 0 aliphatic carbocycles. The van der Waals surface area contributed by atoms with Crippen molar-refractivity contribution in [1.29, 1.82) is 0 Å². The Kier molecular flexibility index (Phi) is 5.41. The van der Waals surface area contributed by atoms with Gasteiger partial charge >= 0.3 is 8.80 Å². The van der Waals surface area contributed by atoms with E-state index in [4.69, 9.17) is 13.3 Å². The van der Waals surface area contributed by atoms with Crippen molar-refractivity contribution in [1.82, 2.24) is 0 Å². The molecular weight excluding hydrogens is 232 g/mol. The Morgan fingerprint density at radius 3 is 2.41 bits per heavy atom. The summed E-state index contributed by atoms with van der Waals surface area (Å²) in [6, 6.07) is 7.73. The van der Waals surface area contributed by atoms with Crippen LogP contribution >= 0.6 is 0 Å². The van der Waals surface area contributed by atoms with Crippen LogP contribution in [-0.4, -0.2) is 22.0 Å². The quantitative estimate of drug-likeness (QED) is 0.697. The van der Waals surface area contributed by atoms with Crippen molar-refractivity contribution < 1.29 is 13.3 Å². The van der Waals surface area contributed by atoms with Crippen LogP contribution in [0.2, 0.25) is 6.55 Å². The van der Waals surface area contributed by atoms with Crippen molar-refractivity contribution in [2.24, 2.45) is 0 Å². The molecule has 0 unspecified atom stereocenters. The summed E-state index contributed by atoms with van der Waals surface area (Å²) >= 11 is 0. The average Bonchev–Trinajstić information content (AvgIpc) is 2.29. The second kappa shape index (κ2) is 6.59. The van der Waals surface area contributed by atoms with E-state index in [-0.39, 0.29) is 0 Å². The summed E-state index contributed by atoms with van der Waals surface area (Å²) in [6.07, 6.45) is 1.78. The minimum Gasteiger partial charge on any atom is -0.501 e. The SMILES string of the molecule is C=Cc1cccc(O[Si](C)(OCC)OCC)c1. The number of benzene rings is 1. The minimum atomic E-state index is -2.56. The molecule has 4 heteroatoms. The Labute approximate surface area is 104 Å². The first-order valence-electron chi connectivity index (χ1n) is 5.83. The molecule has 94 valence electrons. The smallest absolute Gasteiger partial charge is 0.501 e. The minimum absolute atomic E-state index is 0.587. The predicted octanol–water partition coefficient (Wildman–Crippen LogP) is 3.35. The molecule has 0 spiro atoms. The van der Waals surface area contributed by atoms with Crippen molar-refractivity contribution in [2.75, 3.05) is 13.2 Å². The summed E-state index contributed by atoms with van der Waals surface area (Å²) in [6.45, 7) is 10.7. The maximum atomic E-state index is 5.87. The van der Waals surface area contributed by atoms with Crippen LogP contribution in [0.3, 0.4) is 0 Å². The van der Waals surface area contributed by atoms with Gasteiger partial charge in [-0.25, -0.2) is 0 Å². The molecule has 0 heterocycles. The van der Waals surface area contributed by atoms with Gasteiger partial charge in [0.1, 0.15) is 5.75 Å². The summed E-state index contributed by atoms with van der Waals surface area (Å²) in [7, 11) is -2.56. The molecule has 0 aliphatic rings. The molecule has 1 rings (SSSR count). The zero-order valence-electron chi connectivity index (χ0n) is 10.7. The maximum Gasteiger partial charge on any atom is 0.562 e. The lowest BCUT2D eigenvalue weighted by molar-refractivity contribution is 0.124. The van der Waals surface area contributed by atoms with Crippen molar-refractivity contribution in [3.63, 3.8) is 0 Å². The van der Waals surface area contributed by atoms with Gasteiger partial charge in [-0.15, -0.1) is 0 Å². The molecule has 3 nitrogen and oxygen atoms in total. The van der Waals surface area contributed by atoms with E-state index in [1.807, 2.05) is 44.7 Å². The Bertz CT molecular complexity index is 359. The van der Waals surface area contributed by atoms with Crippen LogP contribution < -0.4 is 4.43 Å². The van der Waals surface area contributed by atoms with Crippen molar-refractivity contribution in [2.45, 2.75) is 20.4 Å². The molecule has 0 saturated carbocycles. The summed E-state index contributed by atoms with van der Waals surface area (Å²) < 4.78 is 17.1. The topological polar surface area (TPSA) is 27.7 Å². The van der Waals surface area contributed by atoms with Gasteiger partial charge in [0.05, 0.1) is 0 Å². The van der Waals surface area contributed by atoms with Gasteiger partial charge in [-0.3, -0.25) is 0 Å². The van der Waals surface area contributed by atoms with E-state index in [2.05, 4.69) is 6.58 Å². The molecule has 1 aromatic rings. The van der Waals surface area contributed by atoms with Crippen molar-refractivity contribution in [3.8, 4) is 5.75 Å². The van der Waals surface area contributed by atoms with Crippen LogP contribution in [0.25, 0.3) is 6.08 Å². The molecule has 0 amide bonds. The lowest BCUT2D eigenvalue weighted by Crippen LogP contribution is -2.45. The van der Waals surface area contributed by atoms with Crippen LogP contribution in [0.15, 0.2) is 30.8 Å². The maximum absolute atomic E-state index is 5.87. The molecule has 0 aliphatic heterocycles.